The highest BCUT2D eigenvalue weighted by atomic mass is 16.4. The summed E-state index contributed by atoms with van der Waals surface area (Å²) in [6, 6.07) is 9.98. The van der Waals surface area contributed by atoms with Crippen molar-refractivity contribution in [2.75, 3.05) is 13.1 Å². The van der Waals surface area contributed by atoms with Crippen molar-refractivity contribution in [2.24, 2.45) is 5.41 Å². The zero-order valence-electron chi connectivity index (χ0n) is 13.6. The molecule has 22 heavy (non-hydrogen) atoms. The second-order valence-corrected chi connectivity index (χ2v) is 7.21. The first kappa shape index (κ1) is 16.5. The van der Waals surface area contributed by atoms with Crippen molar-refractivity contribution < 1.29 is 14.7 Å². The van der Waals surface area contributed by atoms with E-state index in [-0.39, 0.29) is 11.3 Å². The van der Waals surface area contributed by atoms with Crippen LogP contribution in [-0.4, -0.2) is 35.0 Å². The zero-order valence-corrected chi connectivity index (χ0v) is 13.6. The van der Waals surface area contributed by atoms with Gasteiger partial charge >= 0.3 is 5.97 Å². The third-order valence-electron chi connectivity index (χ3n) is 4.71. The number of benzene rings is 1. The molecule has 1 saturated heterocycles. The molecule has 2 rings (SSSR count). The van der Waals surface area contributed by atoms with E-state index in [0.29, 0.717) is 25.9 Å². The van der Waals surface area contributed by atoms with Crippen molar-refractivity contribution in [1.29, 1.82) is 0 Å². The van der Waals surface area contributed by atoms with E-state index in [1.807, 2.05) is 30.3 Å². The normalized spacial score (nSPS) is 22.4. The summed E-state index contributed by atoms with van der Waals surface area (Å²) in [5, 5.41) is 9.37. The predicted molar refractivity (Wildman–Crippen MR) is 85.6 cm³/mol. The Morgan fingerprint density at radius 2 is 1.91 bits per heavy atom. The SMILES string of the molecule is CC1(C(=O)O)CCCN(C(=O)CC(C)(C)c2ccccc2)C1. The fourth-order valence-electron chi connectivity index (χ4n) is 3.11. The second-order valence-electron chi connectivity index (χ2n) is 7.21. The van der Waals surface area contributed by atoms with Gasteiger partial charge in [0.2, 0.25) is 5.91 Å². The highest BCUT2D eigenvalue weighted by Crippen LogP contribution is 2.32. The van der Waals surface area contributed by atoms with Gasteiger partial charge in [0.1, 0.15) is 0 Å². The zero-order chi connectivity index (χ0) is 16.4. The van der Waals surface area contributed by atoms with E-state index < -0.39 is 11.4 Å². The first-order valence-corrected chi connectivity index (χ1v) is 7.81. The quantitative estimate of drug-likeness (QED) is 0.930. The lowest BCUT2D eigenvalue weighted by molar-refractivity contribution is -0.153. The summed E-state index contributed by atoms with van der Waals surface area (Å²) in [5.41, 5.74) is 0.0570. The Kier molecular flexibility index (Phi) is 4.59. The number of carbonyl (C=O) groups is 2. The van der Waals surface area contributed by atoms with Gasteiger partial charge in [-0.15, -0.1) is 0 Å². The minimum Gasteiger partial charge on any atom is -0.481 e. The van der Waals surface area contributed by atoms with Crippen LogP contribution in [0.25, 0.3) is 0 Å². The molecule has 120 valence electrons. The summed E-state index contributed by atoms with van der Waals surface area (Å²) >= 11 is 0. The molecule has 0 aliphatic carbocycles. The molecule has 4 heteroatoms. The lowest BCUT2D eigenvalue weighted by atomic mass is 9.79. The van der Waals surface area contributed by atoms with Crippen LogP contribution in [0.5, 0.6) is 0 Å². The Morgan fingerprint density at radius 3 is 2.50 bits per heavy atom. The number of carbonyl (C=O) groups excluding carboxylic acids is 1. The van der Waals surface area contributed by atoms with E-state index in [1.165, 1.54) is 0 Å². The van der Waals surface area contributed by atoms with E-state index in [4.69, 9.17) is 0 Å². The van der Waals surface area contributed by atoms with Gasteiger partial charge in [-0.3, -0.25) is 9.59 Å². The lowest BCUT2D eigenvalue weighted by Gasteiger charge is -2.39. The van der Waals surface area contributed by atoms with Crippen LogP contribution in [0, 0.1) is 5.41 Å². The van der Waals surface area contributed by atoms with E-state index in [0.717, 1.165) is 12.0 Å². The average Bonchev–Trinajstić information content (AvgIpc) is 2.47. The van der Waals surface area contributed by atoms with Gasteiger partial charge in [0.05, 0.1) is 5.41 Å². The number of carboxylic acids is 1. The molecule has 1 atom stereocenters. The number of hydrogen-bond acceptors (Lipinski definition) is 2. The number of likely N-dealkylation sites (tertiary alicyclic amines) is 1. The smallest absolute Gasteiger partial charge is 0.311 e. The number of amides is 1. The van der Waals surface area contributed by atoms with E-state index >= 15 is 0 Å². The average molecular weight is 303 g/mol. The molecule has 4 nitrogen and oxygen atoms in total. The topological polar surface area (TPSA) is 57.6 Å². The van der Waals surface area contributed by atoms with Gasteiger partial charge in [0.15, 0.2) is 0 Å². The molecule has 1 unspecified atom stereocenters. The van der Waals surface area contributed by atoms with Gasteiger partial charge in [0, 0.05) is 19.5 Å². The third-order valence-corrected chi connectivity index (χ3v) is 4.71. The molecule has 0 spiro atoms. The summed E-state index contributed by atoms with van der Waals surface area (Å²) in [6.45, 7) is 6.82. The number of rotatable bonds is 4. The van der Waals surface area contributed by atoms with Gasteiger partial charge in [-0.25, -0.2) is 0 Å². The van der Waals surface area contributed by atoms with Gasteiger partial charge in [-0.2, -0.15) is 0 Å². The highest BCUT2D eigenvalue weighted by molar-refractivity contribution is 5.80. The number of aliphatic carboxylic acids is 1. The summed E-state index contributed by atoms with van der Waals surface area (Å²) in [5.74, 6) is -0.770. The van der Waals surface area contributed by atoms with E-state index in [9.17, 15) is 14.7 Å². The summed E-state index contributed by atoms with van der Waals surface area (Å²) in [7, 11) is 0. The molecule has 0 saturated carbocycles. The molecule has 1 fully saturated rings. The Balaban J connectivity index is 2.07. The van der Waals surface area contributed by atoms with Crippen LogP contribution in [0.4, 0.5) is 0 Å². The van der Waals surface area contributed by atoms with E-state index in [2.05, 4.69) is 13.8 Å². The molecule has 0 bridgehead atoms. The molecule has 0 aromatic heterocycles. The van der Waals surface area contributed by atoms with Crippen molar-refractivity contribution in [3.8, 4) is 0 Å². The number of hydrogen-bond donors (Lipinski definition) is 1. The monoisotopic (exact) mass is 303 g/mol. The third kappa shape index (κ3) is 3.49. The van der Waals surface area contributed by atoms with Gasteiger partial charge in [-0.1, -0.05) is 44.2 Å². The Bertz CT molecular complexity index is 553. The summed E-state index contributed by atoms with van der Waals surface area (Å²) in [6.07, 6.45) is 1.78. The molecule has 1 aromatic carbocycles. The number of piperidine rings is 1. The fraction of sp³-hybridized carbons (Fsp3) is 0.556. The van der Waals surface area contributed by atoms with Crippen molar-refractivity contribution in [2.45, 2.75) is 45.4 Å². The summed E-state index contributed by atoms with van der Waals surface area (Å²) in [4.78, 5) is 25.8. The van der Waals surface area contributed by atoms with Crippen molar-refractivity contribution in [3.05, 3.63) is 35.9 Å². The van der Waals surface area contributed by atoms with Crippen LogP contribution in [-0.2, 0) is 15.0 Å². The van der Waals surface area contributed by atoms with Crippen LogP contribution < -0.4 is 0 Å². The highest BCUT2D eigenvalue weighted by Gasteiger charge is 2.40. The lowest BCUT2D eigenvalue weighted by Crippen LogP contribution is -2.49. The van der Waals surface area contributed by atoms with Crippen molar-refractivity contribution in [1.82, 2.24) is 4.90 Å². The number of carboxylic acid groups (broad SMARTS) is 1. The molecule has 1 N–H and O–H groups in total. The minimum atomic E-state index is -0.815. The standard InChI is InChI=1S/C18H25NO3/c1-17(2,14-8-5-4-6-9-14)12-15(20)19-11-7-10-18(3,13-19)16(21)22/h4-6,8-9H,7,10-13H2,1-3H3,(H,21,22). The summed E-state index contributed by atoms with van der Waals surface area (Å²) < 4.78 is 0. The van der Waals surface area contributed by atoms with Crippen LogP contribution in [0.15, 0.2) is 30.3 Å². The Hall–Kier alpha value is -1.84. The van der Waals surface area contributed by atoms with Gasteiger partial charge in [0.25, 0.3) is 0 Å². The molecule has 1 aliphatic rings. The number of nitrogens with zero attached hydrogens (tertiary/aromatic N) is 1. The first-order chi connectivity index (χ1) is 10.2. The second kappa shape index (κ2) is 6.11. The predicted octanol–water partition coefficient (Wildman–Crippen LogP) is 3.07. The van der Waals surface area contributed by atoms with Gasteiger partial charge < -0.3 is 10.0 Å². The van der Waals surface area contributed by atoms with Crippen LogP contribution >= 0.6 is 0 Å². The van der Waals surface area contributed by atoms with Crippen molar-refractivity contribution in [3.63, 3.8) is 0 Å². The van der Waals surface area contributed by atoms with Gasteiger partial charge in [-0.05, 0) is 30.7 Å². The van der Waals surface area contributed by atoms with Crippen LogP contribution in [0.1, 0.15) is 45.6 Å². The molecule has 1 amide bonds. The molecule has 0 radical (unpaired) electrons. The molecule has 1 aromatic rings. The maximum atomic E-state index is 12.6. The molecule has 1 heterocycles. The van der Waals surface area contributed by atoms with E-state index in [1.54, 1.807) is 11.8 Å². The Labute approximate surface area is 132 Å². The molecule has 1 aliphatic heterocycles. The molecular weight excluding hydrogens is 278 g/mol. The fourth-order valence-corrected chi connectivity index (χ4v) is 3.11. The first-order valence-electron chi connectivity index (χ1n) is 7.81. The largest absolute Gasteiger partial charge is 0.481 e. The van der Waals surface area contributed by atoms with Crippen LogP contribution in [0.3, 0.4) is 0 Å². The Morgan fingerprint density at radius 1 is 1.27 bits per heavy atom. The minimum absolute atomic E-state index is 0.0426. The maximum absolute atomic E-state index is 12.6. The molecular formula is C18H25NO3. The maximum Gasteiger partial charge on any atom is 0.311 e. The van der Waals surface area contributed by atoms with Crippen LogP contribution in [0.2, 0.25) is 0 Å². The van der Waals surface area contributed by atoms with Crippen molar-refractivity contribution >= 4 is 11.9 Å².